The average Bonchev–Trinajstić information content (AvgIpc) is 2.39. The Labute approximate surface area is 111 Å². The molecule has 2 heterocycles. The summed E-state index contributed by atoms with van der Waals surface area (Å²) in [5.41, 5.74) is 2.74. The molecule has 2 aliphatic rings. The number of fused-ring (bicyclic) bond motifs is 1. The topological polar surface area (TPSA) is 24.9 Å². The van der Waals surface area contributed by atoms with Gasteiger partial charge in [-0.1, -0.05) is 12.1 Å². The quantitative estimate of drug-likeness (QED) is 0.803. The first kappa shape index (κ1) is 11.4. The molecule has 1 saturated heterocycles. The number of nitrogens with zero attached hydrogens (tertiary/aromatic N) is 1. The smallest absolute Gasteiger partial charge is 0.106 e. The fourth-order valence-electron chi connectivity index (χ4n) is 2.96. The van der Waals surface area contributed by atoms with Crippen LogP contribution in [0, 0.1) is 5.92 Å². The van der Waals surface area contributed by atoms with Gasteiger partial charge in [0.15, 0.2) is 0 Å². The summed E-state index contributed by atoms with van der Waals surface area (Å²) in [6.45, 7) is 1.19. The van der Waals surface area contributed by atoms with Crippen LogP contribution in [-0.4, -0.2) is 17.6 Å². The maximum absolute atomic E-state index is 4.31. The Bertz CT molecular complexity index is 424. The molecule has 1 aromatic rings. The van der Waals surface area contributed by atoms with Gasteiger partial charge in [0.1, 0.15) is 4.60 Å². The first-order valence-electron chi connectivity index (χ1n) is 6.37. The number of hydrogen-bond acceptors (Lipinski definition) is 2. The molecule has 1 N–H and O–H groups in total. The lowest BCUT2D eigenvalue weighted by Crippen LogP contribution is -2.42. The minimum Gasteiger partial charge on any atom is -0.313 e. The Morgan fingerprint density at radius 3 is 3.12 bits per heavy atom. The van der Waals surface area contributed by atoms with Gasteiger partial charge in [-0.2, -0.15) is 0 Å². The second-order valence-electron chi connectivity index (χ2n) is 5.00. The molecule has 1 aromatic heterocycles. The number of pyridine rings is 1. The van der Waals surface area contributed by atoms with Crippen LogP contribution in [0.5, 0.6) is 0 Å². The summed E-state index contributed by atoms with van der Waals surface area (Å²) >= 11 is 3.38. The first-order valence-corrected chi connectivity index (χ1v) is 7.16. The van der Waals surface area contributed by atoms with E-state index in [9.17, 15) is 0 Å². The zero-order valence-electron chi connectivity index (χ0n) is 9.82. The number of aromatic nitrogens is 1. The van der Waals surface area contributed by atoms with Gasteiger partial charge in [-0.05, 0) is 71.3 Å². The third-order valence-electron chi connectivity index (χ3n) is 3.93. The summed E-state index contributed by atoms with van der Waals surface area (Å²) in [6, 6.07) is 4.87. The van der Waals surface area contributed by atoms with Gasteiger partial charge in [0.25, 0.3) is 0 Å². The van der Waals surface area contributed by atoms with Crippen LogP contribution in [0.15, 0.2) is 29.0 Å². The van der Waals surface area contributed by atoms with E-state index in [1.807, 2.05) is 12.3 Å². The molecule has 0 aromatic carbocycles. The molecule has 2 atom stereocenters. The number of allylic oxidation sites excluding steroid dienone is 1. The van der Waals surface area contributed by atoms with Crippen molar-refractivity contribution in [2.24, 2.45) is 5.92 Å². The van der Waals surface area contributed by atoms with Crippen LogP contribution >= 0.6 is 15.9 Å². The van der Waals surface area contributed by atoms with Crippen molar-refractivity contribution in [1.82, 2.24) is 10.3 Å². The van der Waals surface area contributed by atoms with Crippen molar-refractivity contribution >= 4 is 21.5 Å². The molecule has 0 amide bonds. The van der Waals surface area contributed by atoms with Crippen LogP contribution in [0.2, 0.25) is 0 Å². The minimum absolute atomic E-state index is 0.687. The van der Waals surface area contributed by atoms with Crippen molar-refractivity contribution in [2.45, 2.75) is 31.7 Å². The second-order valence-corrected chi connectivity index (χ2v) is 5.81. The fraction of sp³-hybridized carbons (Fsp3) is 0.500. The highest BCUT2D eigenvalue weighted by molar-refractivity contribution is 9.10. The van der Waals surface area contributed by atoms with Gasteiger partial charge in [0, 0.05) is 12.2 Å². The summed E-state index contributed by atoms with van der Waals surface area (Å²) < 4.78 is 0.909. The highest BCUT2D eigenvalue weighted by Gasteiger charge is 2.28. The van der Waals surface area contributed by atoms with E-state index in [1.54, 1.807) is 0 Å². The van der Waals surface area contributed by atoms with E-state index in [0.29, 0.717) is 6.04 Å². The van der Waals surface area contributed by atoms with E-state index in [4.69, 9.17) is 0 Å². The Hall–Kier alpha value is -0.670. The van der Waals surface area contributed by atoms with Gasteiger partial charge in [0.05, 0.1) is 0 Å². The Morgan fingerprint density at radius 2 is 2.29 bits per heavy atom. The van der Waals surface area contributed by atoms with Gasteiger partial charge in [0.2, 0.25) is 0 Å². The molecule has 0 saturated carbocycles. The molecule has 3 heteroatoms. The van der Waals surface area contributed by atoms with Crippen LogP contribution in [0.25, 0.3) is 5.57 Å². The van der Waals surface area contributed by atoms with Gasteiger partial charge in [-0.3, -0.25) is 0 Å². The van der Waals surface area contributed by atoms with Crippen LogP contribution in [0.1, 0.15) is 31.2 Å². The molecule has 17 heavy (non-hydrogen) atoms. The van der Waals surface area contributed by atoms with E-state index < -0.39 is 0 Å². The lowest BCUT2D eigenvalue weighted by molar-refractivity contribution is 0.278. The van der Waals surface area contributed by atoms with E-state index in [2.05, 4.69) is 38.4 Å². The molecule has 3 rings (SSSR count). The van der Waals surface area contributed by atoms with E-state index in [0.717, 1.165) is 16.9 Å². The predicted molar refractivity (Wildman–Crippen MR) is 73.7 cm³/mol. The lowest BCUT2D eigenvalue weighted by Gasteiger charge is -2.36. The maximum Gasteiger partial charge on any atom is 0.106 e. The zero-order valence-corrected chi connectivity index (χ0v) is 11.4. The summed E-state index contributed by atoms with van der Waals surface area (Å²) in [5, 5.41) is 3.66. The van der Waals surface area contributed by atoms with Gasteiger partial charge >= 0.3 is 0 Å². The largest absolute Gasteiger partial charge is 0.313 e. The third kappa shape index (κ3) is 2.45. The number of rotatable bonds is 1. The highest BCUT2D eigenvalue weighted by Crippen LogP contribution is 2.34. The van der Waals surface area contributed by atoms with Crippen molar-refractivity contribution in [3.8, 4) is 0 Å². The van der Waals surface area contributed by atoms with Gasteiger partial charge < -0.3 is 5.32 Å². The Balaban J connectivity index is 1.80. The number of halogens is 1. The second kappa shape index (κ2) is 4.91. The molecule has 0 radical (unpaired) electrons. The van der Waals surface area contributed by atoms with E-state index >= 15 is 0 Å². The van der Waals surface area contributed by atoms with Gasteiger partial charge in [-0.15, -0.1) is 0 Å². The third-order valence-corrected chi connectivity index (χ3v) is 4.40. The average molecular weight is 293 g/mol. The molecule has 0 spiro atoms. The Morgan fingerprint density at radius 1 is 1.35 bits per heavy atom. The highest BCUT2D eigenvalue weighted by atomic mass is 79.9. The van der Waals surface area contributed by atoms with Crippen molar-refractivity contribution < 1.29 is 0 Å². The maximum atomic E-state index is 4.31. The van der Waals surface area contributed by atoms with Crippen molar-refractivity contribution in [1.29, 1.82) is 0 Å². The first-order chi connectivity index (χ1) is 8.33. The predicted octanol–water partition coefficient (Wildman–Crippen LogP) is 3.39. The molecular formula is C14H17BrN2. The van der Waals surface area contributed by atoms with Crippen molar-refractivity contribution in [3.05, 3.63) is 34.6 Å². The van der Waals surface area contributed by atoms with Crippen LogP contribution in [0.3, 0.4) is 0 Å². The number of piperidine rings is 1. The Kier molecular flexibility index (Phi) is 3.30. The van der Waals surface area contributed by atoms with Crippen LogP contribution < -0.4 is 5.32 Å². The SMILES string of the molecule is Brc1ccc(C2=CCC3CCCNC3C2)cn1. The van der Waals surface area contributed by atoms with Crippen molar-refractivity contribution in [3.63, 3.8) is 0 Å². The molecule has 90 valence electrons. The van der Waals surface area contributed by atoms with Crippen LogP contribution in [0.4, 0.5) is 0 Å². The molecule has 1 aliphatic heterocycles. The molecule has 2 unspecified atom stereocenters. The van der Waals surface area contributed by atoms with Gasteiger partial charge in [-0.25, -0.2) is 4.98 Å². The standard InChI is InChI=1S/C14H17BrN2/c15-14-6-5-12(9-17-14)11-4-3-10-2-1-7-16-13(10)8-11/h4-6,9-10,13,16H,1-3,7-8H2. The fourth-order valence-corrected chi connectivity index (χ4v) is 3.19. The number of hydrogen-bond donors (Lipinski definition) is 1. The molecule has 1 aliphatic carbocycles. The minimum atomic E-state index is 0.687. The molecular weight excluding hydrogens is 276 g/mol. The normalized spacial score (nSPS) is 28.4. The monoisotopic (exact) mass is 292 g/mol. The summed E-state index contributed by atoms with van der Waals surface area (Å²) in [6.07, 6.45) is 9.50. The number of nitrogens with one attached hydrogen (secondary N) is 1. The van der Waals surface area contributed by atoms with E-state index in [-0.39, 0.29) is 0 Å². The molecule has 2 nitrogen and oxygen atoms in total. The lowest BCUT2D eigenvalue weighted by atomic mass is 9.78. The molecule has 0 bridgehead atoms. The summed E-state index contributed by atoms with van der Waals surface area (Å²) in [5.74, 6) is 0.857. The van der Waals surface area contributed by atoms with E-state index in [1.165, 1.54) is 36.9 Å². The zero-order chi connectivity index (χ0) is 11.7. The summed E-state index contributed by atoms with van der Waals surface area (Å²) in [4.78, 5) is 4.31. The van der Waals surface area contributed by atoms with Crippen LogP contribution in [-0.2, 0) is 0 Å². The van der Waals surface area contributed by atoms with Crippen molar-refractivity contribution in [2.75, 3.05) is 6.54 Å². The molecule has 1 fully saturated rings. The summed E-state index contributed by atoms with van der Waals surface area (Å²) in [7, 11) is 0.